The molecule has 1 unspecified atom stereocenters. The van der Waals surface area contributed by atoms with Crippen molar-refractivity contribution in [2.75, 3.05) is 13.1 Å². The molecule has 0 aromatic heterocycles. The number of nitrogens with zero attached hydrogens (tertiary/aromatic N) is 2. The highest BCUT2D eigenvalue weighted by molar-refractivity contribution is 5.83. The molecule has 1 amide bonds. The summed E-state index contributed by atoms with van der Waals surface area (Å²) in [7, 11) is 0. The lowest BCUT2D eigenvalue weighted by Crippen LogP contribution is -2.55. The summed E-state index contributed by atoms with van der Waals surface area (Å²) in [6.45, 7) is 5.30. The van der Waals surface area contributed by atoms with E-state index in [0.717, 1.165) is 43.6 Å². The van der Waals surface area contributed by atoms with Gasteiger partial charge in [0.15, 0.2) is 0 Å². The molecule has 4 saturated carbocycles. The number of carbonyl (C=O) groups excluding carboxylic acids is 1. The van der Waals surface area contributed by atoms with Crippen LogP contribution in [0, 0.1) is 40.4 Å². The summed E-state index contributed by atoms with van der Waals surface area (Å²) in [6.07, 6.45) is 7.47. The predicted molar refractivity (Wildman–Crippen MR) is 77.6 cm³/mol. The number of nitriles is 1. The van der Waals surface area contributed by atoms with Crippen LogP contribution in [0.2, 0.25) is 0 Å². The summed E-state index contributed by atoms with van der Waals surface area (Å²) in [5.41, 5.74) is -0.0556. The first-order valence-electron chi connectivity index (χ1n) is 8.25. The Kier molecular flexibility index (Phi) is 3.52. The SMILES string of the molecule is CCN(CC(C)C#N)C(=O)C12CC3CC(CC(C3)C1)C2. The Morgan fingerprint density at radius 2 is 1.75 bits per heavy atom. The summed E-state index contributed by atoms with van der Waals surface area (Å²) in [5.74, 6) is 2.71. The first-order chi connectivity index (χ1) is 9.56. The zero-order chi connectivity index (χ0) is 14.3. The third-order valence-corrected chi connectivity index (χ3v) is 5.88. The van der Waals surface area contributed by atoms with E-state index in [1.54, 1.807) is 0 Å². The maximum absolute atomic E-state index is 13.1. The van der Waals surface area contributed by atoms with Crippen molar-refractivity contribution in [2.24, 2.45) is 29.1 Å². The Morgan fingerprint density at radius 1 is 1.25 bits per heavy atom. The summed E-state index contributed by atoms with van der Waals surface area (Å²) < 4.78 is 0. The molecule has 0 spiro atoms. The van der Waals surface area contributed by atoms with Crippen LogP contribution in [0.4, 0.5) is 0 Å². The quantitative estimate of drug-likeness (QED) is 0.790. The number of rotatable bonds is 4. The van der Waals surface area contributed by atoms with Gasteiger partial charge in [-0.2, -0.15) is 5.26 Å². The molecule has 0 N–H and O–H groups in total. The lowest BCUT2D eigenvalue weighted by atomic mass is 9.49. The molecule has 0 aromatic rings. The van der Waals surface area contributed by atoms with E-state index in [0.29, 0.717) is 12.5 Å². The molecule has 1 atom stereocenters. The molecule has 20 heavy (non-hydrogen) atoms. The Balaban J connectivity index is 1.77. The lowest BCUT2D eigenvalue weighted by molar-refractivity contribution is -0.157. The summed E-state index contributed by atoms with van der Waals surface area (Å²) in [4.78, 5) is 15.1. The molecule has 4 aliphatic carbocycles. The Morgan fingerprint density at radius 3 is 2.15 bits per heavy atom. The molecular weight excluding hydrogens is 248 g/mol. The normalized spacial score (nSPS) is 39.4. The highest BCUT2D eigenvalue weighted by atomic mass is 16.2. The molecule has 3 nitrogen and oxygen atoms in total. The van der Waals surface area contributed by atoms with Gasteiger partial charge in [-0.05, 0) is 70.1 Å². The number of hydrogen-bond acceptors (Lipinski definition) is 2. The van der Waals surface area contributed by atoms with Gasteiger partial charge in [-0.1, -0.05) is 0 Å². The van der Waals surface area contributed by atoms with Gasteiger partial charge in [0, 0.05) is 13.1 Å². The van der Waals surface area contributed by atoms with Crippen molar-refractivity contribution in [2.45, 2.75) is 52.4 Å². The van der Waals surface area contributed by atoms with Crippen LogP contribution in [0.1, 0.15) is 52.4 Å². The minimum absolute atomic E-state index is 0.0556. The highest BCUT2D eigenvalue weighted by Crippen LogP contribution is 2.60. The van der Waals surface area contributed by atoms with Crippen LogP contribution in [-0.2, 0) is 4.79 Å². The molecule has 4 aliphatic rings. The average molecular weight is 274 g/mol. The van der Waals surface area contributed by atoms with E-state index in [1.165, 1.54) is 19.3 Å². The average Bonchev–Trinajstić information content (AvgIpc) is 2.42. The van der Waals surface area contributed by atoms with Crippen LogP contribution in [0.15, 0.2) is 0 Å². The zero-order valence-electron chi connectivity index (χ0n) is 12.8. The maximum atomic E-state index is 13.1. The second-order valence-electron chi connectivity index (χ2n) is 7.57. The number of carbonyl (C=O) groups is 1. The van der Waals surface area contributed by atoms with Gasteiger partial charge in [0.25, 0.3) is 0 Å². The molecule has 4 rings (SSSR count). The first-order valence-corrected chi connectivity index (χ1v) is 8.25. The van der Waals surface area contributed by atoms with Crippen molar-refractivity contribution in [3.05, 3.63) is 0 Å². The van der Waals surface area contributed by atoms with E-state index >= 15 is 0 Å². The van der Waals surface area contributed by atoms with E-state index < -0.39 is 0 Å². The molecule has 0 saturated heterocycles. The zero-order valence-corrected chi connectivity index (χ0v) is 12.8. The van der Waals surface area contributed by atoms with E-state index in [1.807, 2.05) is 18.7 Å². The summed E-state index contributed by atoms with van der Waals surface area (Å²) in [6, 6.07) is 2.26. The fourth-order valence-electron chi connectivity index (χ4n) is 5.44. The highest BCUT2D eigenvalue weighted by Gasteiger charge is 2.55. The fraction of sp³-hybridized carbons (Fsp3) is 0.882. The number of hydrogen-bond donors (Lipinski definition) is 0. The van der Waals surface area contributed by atoms with Crippen LogP contribution in [0.25, 0.3) is 0 Å². The van der Waals surface area contributed by atoms with Gasteiger partial charge >= 0.3 is 0 Å². The van der Waals surface area contributed by atoms with E-state index in [9.17, 15) is 4.79 Å². The summed E-state index contributed by atoms with van der Waals surface area (Å²) >= 11 is 0. The Bertz CT molecular complexity index is 401. The van der Waals surface area contributed by atoms with Crippen molar-refractivity contribution >= 4 is 5.91 Å². The van der Waals surface area contributed by atoms with Crippen molar-refractivity contribution in [1.82, 2.24) is 4.90 Å². The number of amides is 1. The monoisotopic (exact) mass is 274 g/mol. The first kappa shape index (κ1) is 13.9. The van der Waals surface area contributed by atoms with Gasteiger partial charge in [0.05, 0.1) is 17.4 Å². The van der Waals surface area contributed by atoms with Crippen LogP contribution in [0.3, 0.4) is 0 Å². The van der Waals surface area contributed by atoms with Gasteiger partial charge in [-0.3, -0.25) is 4.79 Å². The molecular formula is C17H26N2O. The van der Waals surface area contributed by atoms with Gasteiger partial charge < -0.3 is 4.90 Å². The minimum Gasteiger partial charge on any atom is -0.341 e. The Labute approximate surface area is 122 Å². The molecule has 0 heterocycles. The van der Waals surface area contributed by atoms with Gasteiger partial charge in [-0.25, -0.2) is 0 Å². The van der Waals surface area contributed by atoms with E-state index in [4.69, 9.17) is 5.26 Å². The largest absolute Gasteiger partial charge is 0.341 e. The molecule has 0 aromatic carbocycles. The van der Waals surface area contributed by atoms with Crippen LogP contribution in [0.5, 0.6) is 0 Å². The van der Waals surface area contributed by atoms with Crippen molar-refractivity contribution in [3.8, 4) is 6.07 Å². The topological polar surface area (TPSA) is 44.1 Å². The maximum Gasteiger partial charge on any atom is 0.228 e. The predicted octanol–water partition coefficient (Wildman–Crippen LogP) is 3.21. The molecule has 0 aliphatic heterocycles. The molecule has 3 heteroatoms. The third-order valence-electron chi connectivity index (χ3n) is 5.88. The standard InChI is InChI=1S/C17H26N2O/c1-3-19(11-12(2)10-18)16(20)17-7-13-4-14(8-17)6-15(5-13)9-17/h12-15H,3-9,11H2,1-2H3. The molecule has 4 bridgehead atoms. The third kappa shape index (κ3) is 2.24. The van der Waals surface area contributed by atoms with Gasteiger partial charge in [-0.15, -0.1) is 0 Å². The van der Waals surface area contributed by atoms with Crippen molar-refractivity contribution in [1.29, 1.82) is 5.26 Å². The molecule has 110 valence electrons. The second-order valence-corrected chi connectivity index (χ2v) is 7.57. The fourth-order valence-corrected chi connectivity index (χ4v) is 5.44. The van der Waals surface area contributed by atoms with Gasteiger partial charge in [0.2, 0.25) is 5.91 Å². The smallest absolute Gasteiger partial charge is 0.228 e. The van der Waals surface area contributed by atoms with Crippen LogP contribution in [-0.4, -0.2) is 23.9 Å². The second kappa shape index (κ2) is 5.06. The van der Waals surface area contributed by atoms with Gasteiger partial charge in [0.1, 0.15) is 0 Å². The van der Waals surface area contributed by atoms with Crippen LogP contribution < -0.4 is 0 Å². The molecule has 4 fully saturated rings. The summed E-state index contributed by atoms with van der Waals surface area (Å²) in [5, 5.41) is 9.01. The molecule has 0 radical (unpaired) electrons. The van der Waals surface area contributed by atoms with Crippen molar-refractivity contribution < 1.29 is 4.79 Å². The van der Waals surface area contributed by atoms with E-state index in [2.05, 4.69) is 6.07 Å². The Hall–Kier alpha value is -1.04. The lowest BCUT2D eigenvalue weighted by Gasteiger charge is -2.56. The van der Waals surface area contributed by atoms with Crippen LogP contribution >= 0.6 is 0 Å². The van der Waals surface area contributed by atoms with E-state index in [-0.39, 0.29) is 11.3 Å². The van der Waals surface area contributed by atoms with Crippen molar-refractivity contribution in [3.63, 3.8) is 0 Å². The minimum atomic E-state index is -0.0622.